The lowest BCUT2D eigenvalue weighted by Gasteiger charge is -2.35. The van der Waals surface area contributed by atoms with Gasteiger partial charge in [-0.2, -0.15) is 0 Å². The lowest BCUT2D eigenvalue weighted by molar-refractivity contribution is -0.137. The summed E-state index contributed by atoms with van der Waals surface area (Å²) in [6, 6.07) is 11.2. The lowest BCUT2D eigenvalue weighted by atomic mass is 9.96. The topological polar surface area (TPSA) is 79.7 Å². The second-order valence-corrected chi connectivity index (χ2v) is 7.20. The molecule has 2 heterocycles. The molecular formula is C22H26N2O4. The highest BCUT2D eigenvalue weighted by molar-refractivity contribution is 5.94. The summed E-state index contributed by atoms with van der Waals surface area (Å²) in [6.45, 7) is 2.95. The van der Waals surface area contributed by atoms with Gasteiger partial charge in [0.15, 0.2) is 0 Å². The van der Waals surface area contributed by atoms with E-state index in [1.54, 1.807) is 6.20 Å². The number of nitrogens with zero attached hydrogens (tertiary/aromatic N) is 2. The number of piperidine rings is 1. The molecule has 2 aromatic rings. The molecule has 6 heteroatoms. The van der Waals surface area contributed by atoms with Gasteiger partial charge in [0.05, 0.1) is 6.20 Å². The molecule has 0 bridgehead atoms. The maximum Gasteiger partial charge on any atom is 0.303 e. The molecule has 1 atom stereocenters. The van der Waals surface area contributed by atoms with Crippen LogP contribution in [0, 0.1) is 6.92 Å². The van der Waals surface area contributed by atoms with Crippen molar-refractivity contribution in [3.8, 4) is 5.75 Å². The van der Waals surface area contributed by atoms with Crippen molar-refractivity contribution in [1.82, 2.24) is 9.88 Å². The number of hydrogen-bond donors (Lipinski definition) is 1. The number of benzene rings is 1. The summed E-state index contributed by atoms with van der Waals surface area (Å²) < 4.78 is 5.76. The number of aryl methyl sites for hydroxylation is 1. The number of ether oxygens (including phenoxy) is 1. The number of hydrogen-bond acceptors (Lipinski definition) is 4. The maximum atomic E-state index is 13.0. The standard InChI is InChI=1S/C22H26N2O4/c1-16-8-10-20(14-23-16)28-15-17-5-4-6-18(13-17)22(27)24-12-3-2-7-19(24)9-11-21(25)26/h4-6,8,10,13-14,19H,2-3,7,9,11-12,15H2,1H3,(H,25,26). The van der Waals surface area contributed by atoms with E-state index in [1.165, 1.54) is 0 Å². The molecule has 0 radical (unpaired) electrons. The van der Waals surface area contributed by atoms with Gasteiger partial charge in [0.2, 0.25) is 0 Å². The van der Waals surface area contributed by atoms with Crippen LogP contribution in [-0.2, 0) is 11.4 Å². The van der Waals surface area contributed by atoms with Gasteiger partial charge in [-0.3, -0.25) is 14.6 Å². The third-order valence-electron chi connectivity index (χ3n) is 5.04. The van der Waals surface area contributed by atoms with E-state index in [4.69, 9.17) is 9.84 Å². The summed E-state index contributed by atoms with van der Waals surface area (Å²) in [5, 5.41) is 8.97. The fourth-order valence-electron chi connectivity index (χ4n) is 3.52. The first-order valence-electron chi connectivity index (χ1n) is 9.70. The molecule has 148 valence electrons. The van der Waals surface area contributed by atoms with E-state index in [2.05, 4.69) is 4.98 Å². The smallest absolute Gasteiger partial charge is 0.303 e. The molecule has 3 rings (SSSR count). The second kappa shape index (κ2) is 9.35. The van der Waals surface area contributed by atoms with E-state index in [-0.39, 0.29) is 18.4 Å². The van der Waals surface area contributed by atoms with Crippen LogP contribution >= 0.6 is 0 Å². The highest BCUT2D eigenvalue weighted by Gasteiger charge is 2.27. The zero-order chi connectivity index (χ0) is 19.9. The number of carbonyl (C=O) groups is 2. The van der Waals surface area contributed by atoms with E-state index < -0.39 is 5.97 Å². The number of likely N-dealkylation sites (tertiary alicyclic amines) is 1. The average Bonchev–Trinajstić information content (AvgIpc) is 2.72. The van der Waals surface area contributed by atoms with Crippen molar-refractivity contribution < 1.29 is 19.4 Å². The summed E-state index contributed by atoms with van der Waals surface area (Å²) in [5.41, 5.74) is 2.45. The Hall–Kier alpha value is -2.89. The Morgan fingerprint density at radius 1 is 1.25 bits per heavy atom. The van der Waals surface area contributed by atoms with Crippen LogP contribution in [-0.4, -0.2) is 39.5 Å². The minimum absolute atomic E-state index is 0.00381. The summed E-state index contributed by atoms with van der Waals surface area (Å²) in [7, 11) is 0. The molecule has 28 heavy (non-hydrogen) atoms. The predicted molar refractivity (Wildman–Crippen MR) is 105 cm³/mol. The van der Waals surface area contributed by atoms with Crippen LogP contribution in [0.25, 0.3) is 0 Å². The highest BCUT2D eigenvalue weighted by Crippen LogP contribution is 2.23. The zero-order valence-corrected chi connectivity index (χ0v) is 16.1. The Balaban J connectivity index is 1.66. The first-order valence-corrected chi connectivity index (χ1v) is 9.70. The molecule has 1 aliphatic rings. The van der Waals surface area contributed by atoms with Crippen LogP contribution in [0.15, 0.2) is 42.6 Å². The van der Waals surface area contributed by atoms with Gasteiger partial charge in [-0.05, 0) is 62.4 Å². The first kappa shape index (κ1) is 19.9. The van der Waals surface area contributed by atoms with Crippen LogP contribution in [0.3, 0.4) is 0 Å². The summed E-state index contributed by atoms with van der Waals surface area (Å²) in [4.78, 5) is 30.0. The van der Waals surface area contributed by atoms with Gasteiger partial charge in [0, 0.05) is 30.3 Å². The van der Waals surface area contributed by atoms with E-state index >= 15 is 0 Å². The molecule has 1 aromatic carbocycles. The Kier molecular flexibility index (Phi) is 6.63. The number of carbonyl (C=O) groups excluding carboxylic acids is 1. The maximum absolute atomic E-state index is 13.0. The zero-order valence-electron chi connectivity index (χ0n) is 16.1. The van der Waals surface area contributed by atoms with Crippen molar-refractivity contribution in [2.45, 2.75) is 51.7 Å². The number of carboxylic acid groups (broad SMARTS) is 1. The number of carboxylic acids is 1. The largest absolute Gasteiger partial charge is 0.487 e. The number of aromatic nitrogens is 1. The normalized spacial score (nSPS) is 16.6. The minimum Gasteiger partial charge on any atom is -0.487 e. The molecule has 6 nitrogen and oxygen atoms in total. The van der Waals surface area contributed by atoms with Crippen LogP contribution in [0.1, 0.15) is 53.7 Å². The molecular weight excluding hydrogens is 356 g/mol. The number of amides is 1. The van der Waals surface area contributed by atoms with E-state index in [9.17, 15) is 9.59 Å². The number of rotatable bonds is 7. The Morgan fingerprint density at radius 3 is 2.86 bits per heavy atom. The second-order valence-electron chi connectivity index (χ2n) is 7.20. The van der Waals surface area contributed by atoms with E-state index in [1.807, 2.05) is 48.2 Å². The van der Waals surface area contributed by atoms with Crippen molar-refractivity contribution in [3.63, 3.8) is 0 Å². The van der Waals surface area contributed by atoms with Crippen LogP contribution in [0.5, 0.6) is 5.75 Å². The van der Waals surface area contributed by atoms with Gasteiger partial charge < -0.3 is 14.7 Å². The van der Waals surface area contributed by atoms with Gasteiger partial charge in [0.25, 0.3) is 5.91 Å². The van der Waals surface area contributed by atoms with Gasteiger partial charge in [0.1, 0.15) is 12.4 Å². The SMILES string of the molecule is Cc1ccc(OCc2cccc(C(=O)N3CCCCC3CCC(=O)O)c2)cn1. The molecule has 1 aromatic heterocycles. The first-order chi connectivity index (χ1) is 13.5. The molecule has 1 amide bonds. The Labute approximate surface area is 165 Å². The third kappa shape index (κ3) is 5.31. The van der Waals surface area contributed by atoms with Gasteiger partial charge in [-0.1, -0.05) is 12.1 Å². The predicted octanol–water partition coefficient (Wildman–Crippen LogP) is 3.83. The molecule has 1 N–H and O–H groups in total. The molecule has 1 saturated heterocycles. The van der Waals surface area contributed by atoms with E-state index in [0.717, 1.165) is 30.5 Å². The molecule has 1 unspecified atom stereocenters. The lowest BCUT2D eigenvalue weighted by Crippen LogP contribution is -2.44. The monoisotopic (exact) mass is 382 g/mol. The Bertz CT molecular complexity index is 820. The van der Waals surface area contributed by atoms with Gasteiger partial charge in [-0.25, -0.2) is 0 Å². The molecule has 1 fully saturated rings. The summed E-state index contributed by atoms with van der Waals surface area (Å²) in [6.07, 6.45) is 5.13. The molecule has 1 aliphatic heterocycles. The average molecular weight is 382 g/mol. The minimum atomic E-state index is -0.817. The summed E-state index contributed by atoms with van der Waals surface area (Å²) in [5.74, 6) is -0.163. The van der Waals surface area contributed by atoms with E-state index in [0.29, 0.717) is 30.9 Å². The fourth-order valence-corrected chi connectivity index (χ4v) is 3.52. The highest BCUT2D eigenvalue weighted by atomic mass is 16.5. The van der Waals surface area contributed by atoms with Crippen LogP contribution < -0.4 is 4.74 Å². The van der Waals surface area contributed by atoms with Crippen molar-refractivity contribution >= 4 is 11.9 Å². The fraction of sp³-hybridized carbons (Fsp3) is 0.409. The number of aliphatic carboxylic acids is 1. The quantitative estimate of drug-likeness (QED) is 0.787. The van der Waals surface area contributed by atoms with Crippen LogP contribution in [0.2, 0.25) is 0 Å². The molecule has 0 saturated carbocycles. The Morgan fingerprint density at radius 2 is 2.11 bits per heavy atom. The van der Waals surface area contributed by atoms with Gasteiger partial charge in [-0.15, -0.1) is 0 Å². The molecule has 0 aliphatic carbocycles. The van der Waals surface area contributed by atoms with Crippen molar-refractivity contribution in [2.75, 3.05) is 6.54 Å². The van der Waals surface area contributed by atoms with Crippen molar-refractivity contribution in [1.29, 1.82) is 0 Å². The number of pyridine rings is 1. The molecule has 0 spiro atoms. The summed E-state index contributed by atoms with van der Waals surface area (Å²) >= 11 is 0. The van der Waals surface area contributed by atoms with Gasteiger partial charge >= 0.3 is 5.97 Å². The van der Waals surface area contributed by atoms with Crippen molar-refractivity contribution in [2.24, 2.45) is 0 Å². The third-order valence-corrected chi connectivity index (χ3v) is 5.04. The van der Waals surface area contributed by atoms with Crippen molar-refractivity contribution in [3.05, 3.63) is 59.4 Å². The van der Waals surface area contributed by atoms with Crippen LogP contribution in [0.4, 0.5) is 0 Å².